The predicted molar refractivity (Wildman–Crippen MR) is 102 cm³/mol. The van der Waals surface area contributed by atoms with Crippen molar-refractivity contribution in [1.82, 2.24) is 0 Å². The molecule has 0 heterocycles. The van der Waals surface area contributed by atoms with Crippen molar-refractivity contribution in [3.05, 3.63) is 0 Å². The first kappa shape index (κ1) is 24.8. The van der Waals surface area contributed by atoms with E-state index >= 15 is 0 Å². The molecule has 4 N–H and O–H groups in total. The van der Waals surface area contributed by atoms with Crippen molar-refractivity contribution in [1.29, 1.82) is 0 Å². The third kappa shape index (κ3) is 14.6. The van der Waals surface area contributed by atoms with Gasteiger partial charge in [0.25, 0.3) is 0 Å². The molecule has 0 aliphatic rings. The summed E-state index contributed by atoms with van der Waals surface area (Å²) in [7, 11) is 0. The van der Waals surface area contributed by atoms with Crippen molar-refractivity contribution < 1.29 is 25.2 Å². The third-order valence-electron chi connectivity index (χ3n) is 4.67. The molecule has 0 aromatic heterocycles. The molecule has 0 fully saturated rings. The maximum Gasteiger partial charge on any atom is 0.0799 e. The second kappa shape index (κ2) is 17.2. The van der Waals surface area contributed by atoms with Crippen LogP contribution in [-0.2, 0) is 4.74 Å². The summed E-state index contributed by atoms with van der Waals surface area (Å²) >= 11 is 0. The fourth-order valence-corrected chi connectivity index (χ4v) is 2.81. The lowest BCUT2D eigenvalue weighted by Gasteiger charge is -2.17. The zero-order valence-electron chi connectivity index (χ0n) is 16.4. The molecule has 152 valence electrons. The monoisotopic (exact) mass is 362 g/mol. The summed E-state index contributed by atoms with van der Waals surface area (Å²) < 4.78 is 5.56. The van der Waals surface area contributed by atoms with Crippen molar-refractivity contribution in [3.8, 4) is 0 Å². The van der Waals surface area contributed by atoms with E-state index in [-0.39, 0.29) is 0 Å². The van der Waals surface area contributed by atoms with Crippen LogP contribution in [0.4, 0.5) is 0 Å². The van der Waals surface area contributed by atoms with Gasteiger partial charge in [0.1, 0.15) is 0 Å². The highest BCUT2D eigenvalue weighted by Gasteiger charge is 2.15. The van der Waals surface area contributed by atoms with Gasteiger partial charge in [-0.1, -0.05) is 39.5 Å². The molecule has 0 aliphatic carbocycles. The average Bonchev–Trinajstić information content (AvgIpc) is 2.61. The first-order chi connectivity index (χ1) is 12.0. The van der Waals surface area contributed by atoms with Gasteiger partial charge in [-0.25, -0.2) is 0 Å². The summed E-state index contributed by atoms with van der Waals surface area (Å²) in [5.41, 5.74) is 0. The first-order valence-corrected chi connectivity index (χ1v) is 10.3. The van der Waals surface area contributed by atoms with Crippen LogP contribution in [0.15, 0.2) is 0 Å². The van der Waals surface area contributed by atoms with Gasteiger partial charge in [0.05, 0.1) is 24.4 Å². The summed E-state index contributed by atoms with van der Waals surface area (Å²) in [6.07, 6.45) is 7.60. The van der Waals surface area contributed by atoms with Gasteiger partial charge in [0.2, 0.25) is 0 Å². The largest absolute Gasteiger partial charge is 0.390 e. The number of hydrogen-bond acceptors (Lipinski definition) is 5. The normalized spacial score (nSPS) is 16.6. The lowest BCUT2D eigenvalue weighted by Crippen LogP contribution is -2.25. The lowest BCUT2D eigenvalue weighted by molar-refractivity contribution is 0.00454. The molecule has 0 radical (unpaired) electrons. The Morgan fingerprint density at radius 1 is 0.520 bits per heavy atom. The van der Waals surface area contributed by atoms with Crippen molar-refractivity contribution >= 4 is 0 Å². The summed E-state index contributed by atoms with van der Waals surface area (Å²) in [4.78, 5) is 0. The molecule has 0 aromatic rings. The second-order valence-corrected chi connectivity index (χ2v) is 7.16. The molecule has 0 bridgehead atoms. The number of ether oxygens (including phenoxy) is 1. The van der Waals surface area contributed by atoms with E-state index < -0.39 is 24.4 Å². The number of unbranched alkanes of at least 4 members (excludes halogenated alkanes) is 4. The molecule has 5 nitrogen and oxygen atoms in total. The van der Waals surface area contributed by atoms with Crippen LogP contribution in [0.25, 0.3) is 0 Å². The van der Waals surface area contributed by atoms with E-state index in [1.165, 1.54) is 0 Å². The minimum absolute atomic E-state index is 0.597. The van der Waals surface area contributed by atoms with Crippen LogP contribution in [0.1, 0.15) is 90.9 Å². The van der Waals surface area contributed by atoms with Crippen LogP contribution in [0.2, 0.25) is 0 Å². The van der Waals surface area contributed by atoms with Gasteiger partial charge in [0, 0.05) is 13.2 Å². The summed E-state index contributed by atoms with van der Waals surface area (Å²) in [6.45, 7) is 5.48. The molecular formula is C20H42O5. The highest BCUT2D eigenvalue weighted by molar-refractivity contribution is 4.68. The van der Waals surface area contributed by atoms with Crippen LogP contribution in [0.3, 0.4) is 0 Å². The Labute approximate surface area is 154 Å². The van der Waals surface area contributed by atoms with Gasteiger partial charge >= 0.3 is 0 Å². The Kier molecular flexibility index (Phi) is 17.1. The van der Waals surface area contributed by atoms with E-state index in [4.69, 9.17) is 4.74 Å². The Morgan fingerprint density at radius 2 is 0.840 bits per heavy atom. The maximum atomic E-state index is 9.83. The van der Waals surface area contributed by atoms with Crippen LogP contribution in [-0.4, -0.2) is 58.1 Å². The molecular weight excluding hydrogens is 320 g/mol. The highest BCUT2D eigenvalue weighted by Crippen LogP contribution is 2.12. The molecule has 0 aliphatic heterocycles. The average molecular weight is 363 g/mol. The standard InChI is InChI=1S/C20H42O5/c1-3-5-11-17(21)19(23)13-7-9-15-25-16-10-8-14-20(24)18(22)12-6-4-2/h17-24H,3-16H2,1-2H3. The molecule has 0 amide bonds. The zero-order valence-corrected chi connectivity index (χ0v) is 16.4. The molecule has 0 spiro atoms. The van der Waals surface area contributed by atoms with Crippen LogP contribution >= 0.6 is 0 Å². The van der Waals surface area contributed by atoms with Crippen LogP contribution < -0.4 is 0 Å². The second-order valence-electron chi connectivity index (χ2n) is 7.16. The summed E-state index contributed by atoms with van der Waals surface area (Å²) in [5.74, 6) is 0. The summed E-state index contributed by atoms with van der Waals surface area (Å²) in [5, 5.41) is 39.2. The van der Waals surface area contributed by atoms with Crippen molar-refractivity contribution in [3.63, 3.8) is 0 Å². The number of aliphatic hydroxyl groups is 4. The molecule has 5 heteroatoms. The summed E-state index contributed by atoms with van der Waals surface area (Å²) in [6, 6.07) is 0. The number of aliphatic hydroxyl groups excluding tert-OH is 4. The van der Waals surface area contributed by atoms with E-state index in [1.807, 2.05) is 0 Å². The SMILES string of the molecule is CCCCC(O)C(O)CCCCOCCCCC(O)C(O)CCCC. The predicted octanol–water partition coefficient (Wildman–Crippen LogP) is 3.17. The molecule has 0 aromatic carbocycles. The molecule has 25 heavy (non-hydrogen) atoms. The fourth-order valence-electron chi connectivity index (χ4n) is 2.81. The Morgan fingerprint density at radius 3 is 1.16 bits per heavy atom. The fraction of sp³-hybridized carbons (Fsp3) is 1.00. The van der Waals surface area contributed by atoms with E-state index in [2.05, 4.69) is 13.8 Å². The quantitative estimate of drug-likeness (QED) is 0.281. The Balaban J connectivity index is 3.41. The van der Waals surface area contributed by atoms with Gasteiger partial charge in [-0.15, -0.1) is 0 Å². The Bertz CT molecular complexity index is 249. The van der Waals surface area contributed by atoms with Gasteiger partial charge in [-0.05, 0) is 51.4 Å². The van der Waals surface area contributed by atoms with Crippen molar-refractivity contribution in [2.75, 3.05) is 13.2 Å². The van der Waals surface area contributed by atoms with Gasteiger partial charge < -0.3 is 25.2 Å². The van der Waals surface area contributed by atoms with Gasteiger partial charge in [-0.2, -0.15) is 0 Å². The molecule has 0 saturated heterocycles. The molecule has 4 unspecified atom stereocenters. The molecule has 0 rings (SSSR count). The van der Waals surface area contributed by atoms with Crippen LogP contribution in [0.5, 0.6) is 0 Å². The van der Waals surface area contributed by atoms with E-state index in [9.17, 15) is 20.4 Å². The number of rotatable bonds is 18. The molecule has 4 atom stereocenters. The minimum Gasteiger partial charge on any atom is -0.390 e. The Hall–Kier alpha value is -0.200. The van der Waals surface area contributed by atoms with Gasteiger partial charge in [0.15, 0.2) is 0 Å². The van der Waals surface area contributed by atoms with Crippen molar-refractivity contribution in [2.24, 2.45) is 0 Å². The van der Waals surface area contributed by atoms with E-state index in [1.54, 1.807) is 0 Å². The smallest absolute Gasteiger partial charge is 0.0799 e. The lowest BCUT2D eigenvalue weighted by atomic mass is 10.0. The minimum atomic E-state index is -0.618. The topological polar surface area (TPSA) is 90.2 Å². The van der Waals surface area contributed by atoms with E-state index in [0.29, 0.717) is 38.9 Å². The molecule has 0 saturated carbocycles. The first-order valence-electron chi connectivity index (χ1n) is 10.3. The highest BCUT2D eigenvalue weighted by atomic mass is 16.5. The van der Waals surface area contributed by atoms with Crippen LogP contribution in [0, 0.1) is 0 Å². The number of hydrogen-bond donors (Lipinski definition) is 4. The van der Waals surface area contributed by atoms with Crippen molar-refractivity contribution in [2.45, 2.75) is 115 Å². The zero-order chi connectivity index (χ0) is 18.9. The van der Waals surface area contributed by atoms with Gasteiger partial charge in [-0.3, -0.25) is 0 Å². The third-order valence-corrected chi connectivity index (χ3v) is 4.67. The van der Waals surface area contributed by atoms with E-state index in [0.717, 1.165) is 51.4 Å². The maximum absolute atomic E-state index is 9.83.